The maximum atomic E-state index is 13.5. The highest BCUT2D eigenvalue weighted by molar-refractivity contribution is 5.25. The maximum absolute atomic E-state index is 13.5. The Morgan fingerprint density at radius 2 is 1.62 bits per heavy atom. The number of rotatable bonds is 3. The highest BCUT2D eigenvalue weighted by atomic mass is 19.1. The first-order chi connectivity index (χ1) is 7.29. The Hall–Kier alpha value is -1.03. The van der Waals surface area contributed by atoms with Gasteiger partial charge in [0.25, 0.3) is 0 Å². The van der Waals surface area contributed by atoms with Gasteiger partial charge in [-0.05, 0) is 11.8 Å². The van der Waals surface area contributed by atoms with Crippen LogP contribution in [0.1, 0.15) is 38.8 Å². The summed E-state index contributed by atoms with van der Waals surface area (Å²) in [5.74, 6) is -2.78. The van der Waals surface area contributed by atoms with Gasteiger partial charge in [-0.2, -0.15) is 0 Å². The van der Waals surface area contributed by atoms with Gasteiger partial charge in [0.05, 0.1) is 0 Å². The number of hydrogen-bond donors (Lipinski definition) is 1. The highest BCUT2D eigenvalue weighted by Gasteiger charge is 2.30. The second kappa shape index (κ2) is 4.45. The Balaban J connectivity index is 3.24. The van der Waals surface area contributed by atoms with Gasteiger partial charge in [0.1, 0.15) is 17.5 Å². The molecule has 16 heavy (non-hydrogen) atoms. The summed E-state index contributed by atoms with van der Waals surface area (Å²) in [7, 11) is 0. The number of benzene rings is 1. The van der Waals surface area contributed by atoms with E-state index in [0.717, 1.165) is 0 Å². The van der Waals surface area contributed by atoms with Crippen LogP contribution in [0, 0.1) is 22.9 Å². The van der Waals surface area contributed by atoms with Crippen molar-refractivity contribution in [2.45, 2.75) is 33.2 Å². The molecular formula is C12H16F3N. The second-order valence-electron chi connectivity index (χ2n) is 4.60. The molecule has 4 heteroatoms. The van der Waals surface area contributed by atoms with E-state index in [2.05, 4.69) is 0 Å². The lowest BCUT2D eigenvalue weighted by atomic mass is 9.78. The third-order valence-corrected chi connectivity index (χ3v) is 3.11. The summed E-state index contributed by atoms with van der Waals surface area (Å²) in [4.78, 5) is 0. The molecule has 0 amide bonds. The van der Waals surface area contributed by atoms with Crippen LogP contribution in [0.5, 0.6) is 0 Å². The van der Waals surface area contributed by atoms with Crippen molar-refractivity contribution in [3.05, 3.63) is 35.1 Å². The van der Waals surface area contributed by atoms with Crippen molar-refractivity contribution in [2.75, 3.05) is 0 Å². The van der Waals surface area contributed by atoms with Crippen LogP contribution in [0.2, 0.25) is 0 Å². The Kier molecular flexibility index (Phi) is 3.63. The number of hydrogen-bond acceptors (Lipinski definition) is 1. The number of halogens is 3. The molecule has 2 N–H and O–H groups in total. The van der Waals surface area contributed by atoms with Crippen molar-refractivity contribution in [3.8, 4) is 0 Å². The van der Waals surface area contributed by atoms with Crippen molar-refractivity contribution in [2.24, 2.45) is 11.1 Å². The molecule has 90 valence electrons. The molecule has 1 rings (SSSR count). The first-order valence-electron chi connectivity index (χ1n) is 5.19. The van der Waals surface area contributed by atoms with Crippen molar-refractivity contribution in [1.29, 1.82) is 0 Å². The zero-order chi connectivity index (χ0) is 12.5. The summed E-state index contributed by atoms with van der Waals surface area (Å²) in [6.45, 7) is 5.53. The van der Waals surface area contributed by atoms with Gasteiger partial charge in [-0.1, -0.05) is 20.8 Å². The van der Waals surface area contributed by atoms with Crippen LogP contribution in [-0.4, -0.2) is 0 Å². The smallest absolute Gasteiger partial charge is 0.133 e. The van der Waals surface area contributed by atoms with E-state index >= 15 is 0 Å². The van der Waals surface area contributed by atoms with E-state index in [4.69, 9.17) is 5.73 Å². The molecule has 0 heterocycles. The molecule has 1 unspecified atom stereocenters. The Morgan fingerprint density at radius 1 is 1.19 bits per heavy atom. The fraction of sp³-hybridized carbons (Fsp3) is 0.500. The van der Waals surface area contributed by atoms with E-state index in [0.29, 0.717) is 18.6 Å². The fourth-order valence-corrected chi connectivity index (χ4v) is 1.46. The average Bonchev–Trinajstić information content (AvgIpc) is 2.15. The lowest BCUT2D eigenvalue weighted by Gasteiger charge is -2.31. The van der Waals surface area contributed by atoms with Crippen LogP contribution in [0.3, 0.4) is 0 Å². The molecule has 0 aliphatic carbocycles. The van der Waals surface area contributed by atoms with Gasteiger partial charge >= 0.3 is 0 Å². The molecule has 1 aromatic rings. The summed E-state index contributed by atoms with van der Waals surface area (Å²) in [5, 5.41) is 0. The molecule has 0 aliphatic rings. The predicted octanol–water partition coefficient (Wildman–Crippen LogP) is 3.54. The molecular weight excluding hydrogens is 215 g/mol. The predicted molar refractivity (Wildman–Crippen MR) is 57.3 cm³/mol. The normalized spacial score (nSPS) is 13.9. The lowest BCUT2D eigenvalue weighted by Crippen LogP contribution is -2.30. The molecule has 1 atom stereocenters. The van der Waals surface area contributed by atoms with E-state index < -0.39 is 28.9 Å². The minimum atomic E-state index is -0.930. The summed E-state index contributed by atoms with van der Waals surface area (Å²) in [6.07, 6.45) is 0.671. The van der Waals surface area contributed by atoms with Gasteiger partial charge < -0.3 is 5.73 Å². The van der Waals surface area contributed by atoms with Crippen molar-refractivity contribution in [1.82, 2.24) is 0 Å². The quantitative estimate of drug-likeness (QED) is 0.846. The fourth-order valence-electron chi connectivity index (χ4n) is 1.46. The van der Waals surface area contributed by atoms with E-state index in [9.17, 15) is 13.2 Å². The largest absolute Gasteiger partial charge is 0.323 e. The van der Waals surface area contributed by atoms with E-state index in [1.807, 2.05) is 20.8 Å². The molecule has 0 radical (unpaired) electrons. The Morgan fingerprint density at radius 3 is 2.00 bits per heavy atom. The van der Waals surface area contributed by atoms with Gasteiger partial charge in [0, 0.05) is 23.7 Å². The minimum Gasteiger partial charge on any atom is -0.323 e. The van der Waals surface area contributed by atoms with Gasteiger partial charge in [-0.25, -0.2) is 13.2 Å². The Bertz CT molecular complexity index is 365. The minimum absolute atomic E-state index is 0.242. The standard InChI is InChI=1S/C12H16F3N/c1-4-12(2,3)11(16)10-8(14)5-7(13)6-9(10)15/h5-6,11H,4,16H2,1-3H3. The first kappa shape index (κ1) is 13.0. The van der Waals surface area contributed by atoms with Crippen LogP contribution in [-0.2, 0) is 0 Å². The molecule has 0 fully saturated rings. The molecule has 0 saturated heterocycles. The molecule has 0 saturated carbocycles. The molecule has 0 spiro atoms. The van der Waals surface area contributed by atoms with E-state index in [1.165, 1.54) is 0 Å². The zero-order valence-electron chi connectivity index (χ0n) is 9.65. The third-order valence-electron chi connectivity index (χ3n) is 3.11. The summed E-state index contributed by atoms with van der Waals surface area (Å²) < 4.78 is 39.7. The lowest BCUT2D eigenvalue weighted by molar-refractivity contribution is 0.266. The molecule has 1 nitrogen and oxygen atoms in total. The first-order valence-corrected chi connectivity index (χ1v) is 5.19. The molecule has 1 aromatic carbocycles. The zero-order valence-corrected chi connectivity index (χ0v) is 9.65. The summed E-state index contributed by atoms with van der Waals surface area (Å²) in [6, 6.07) is 0.520. The maximum Gasteiger partial charge on any atom is 0.133 e. The molecule has 0 aliphatic heterocycles. The van der Waals surface area contributed by atoms with E-state index in [1.54, 1.807) is 0 Å². The molecule has 0 bridgehead atoms. The average molecular weight is 231 g/mol. The van der Waals surface area contributed by atoms with Gasteiger partial charge in [0.15, 0.2) is 0 Å². The van der Waals surface area contributed by atoms with Crippen molar-refractivity contribution in [3.63, 3.8) is 0 Å². The van der Waals surface area contributed by atoms with Crippen LogP contribution in [0.25, 0.3) is 0 Å². The third kappa shape index (κ3) is 2.38. The van der Waals surface area contributed by atoms with Gasteiger partial charge in [-0.15, -0.1) is 0 Å². The monoisotopic (exact) mass is 231 g/mol. The highest BCUT2D eigenvalue weighted by Crippen LogP contribution is 2.36. The van der Waals surface area contributed by atoms with Crippen LogP contribution in [0.4, 0.5) is 13.2 Å². The Labute approximate surface area is 93.5 Å². The topological polar surface area (TPSA) is 26.0 Å². The molecule has 0 aromatic heterocycles. The van der Waals surface area contributed by atoms with Crippen LogP contribution >= 0.6 is 0 Å². The SMILES string of the molecule is CCC(C)(C)C(N)c1c(F)cc(F)cc1F. The number of nitrogens with two attached hydrogens (primary N) is 1. The van der Waals surface area contributed by atoms with Gasteiger partial charge in [0.2, 0.25) is 0 Å². The second-order valence-corrected chi connectivity index (χ2v) is 4.60. The van der Waals surface area contributed by atoms with E-state index in [-0.39, 0.29) is 5.56 Å². The van der Waals surface area contributed by atoms with Crippen LogP contribution < -0.4 is 5.73 Å². The van der Waals surface area contributed by atoms with Gasteiger partial charge in [-0.3, -0.25) is 0 Å². The summed E-state index contributed by atoms with van der Waals surface area (Å²) in [5.41, 5.74) is 5.15. The van der Waals surface area contributed by atoms with Crippen molar-refractivity contribution >= 4 is 0 Å². The van der Waals surface area contributed by atoms with Crippen LogP contribution in [0.15, 0.2) is 12.1 Å². The van der Waals surface area contributed by atoms with Crippen molar-refractivity contribution < 1.29 is 13.2 Å². The summed E-state index contributed by atoms with van der Waals surface area (Å²) >= 11 is 0.